The zero-order chi connectivity index (χ0) is 29.1. The van der Waals surface area contributed by atoms with Gasteiger partial charge in [-0.2, -0.15) is 0 Å². The lowest BCUT2D eigenvalue weighted by Gasteiger charge is -2.49. The van der Waals surface area contributed by atoms with Crippen LogP contribution >= 0.6 is 0 Å². The number of rotatable bonds is 6. The monoisotopic (exact) mass is 550 g/mol. The van der Waals surface area contributed by atoms with Crippen LogP contribution in [0.2, 0.25) is 0 Å². The van der Waals surface area contributed by atoms with Gasteiger partial charge in [0.05, 0.1) is 29.1 Å². The molecule has 0 aliphatic carbocycles. The maximum atomic E-state index is 12.9. The standard InChI is InChI=1S/C30H36N3O7/c1-27(2)18-22(19-28(3,4)33(27)37)39-26(34)14-16-38-31-24-10-8-7-9-23(24)29(5,6)30(31)15-13-20-17-21(32(35)36)11-12-25(20)40-30/h7-13,15,17,22H,14,16,18-19H2,1-6H3. The number of nitro groups is 1. The minimum Gasteiger partial charge on any atom is -0.462 e. The number of non-ortho nitro benzene ring substituents is 1. The summed E-state index contributed by atoms with van der Waals surface area (Å²) in [4.78, 5) is 30.0. The number of hydroxylamine groups is 3. The minimum absolute atomic E-state index is 0.0140. The van der Waals surface area contributed by atoms with E-state index in [1.807, 2.05) is 64.1 Å². The predicted octanol–water partition coefficient (Wildman–Crippen LogP) is 5.73. The van der Waals surface area contributed by atoms with Crippen LogP contribution in [-0.4, -0.2) is 45.5 Å². The normalized spacial score (nSPS) is 24.3. The van der Waals surface area contributed by atoms with Gasteiger partial charge in [-0.3, -0.25) is 19.7 Å². The summed E-state index contributed by atoms with van der Waals surface area (Å²) in [5.41, 5.74) is -0.559. The molecule has 1 spiro atoms. The van der Waals surface area contributed by atoms with Crippen LogP contribution in [0.5, 0.6) is 5.75 Å². The zero-order valence-electron chi connectivity index (χ0n) is 23.8. The average molecular weight is 551 g/mol. The first kappa shape index (κ1) is 28.1. The van der Waals surface area contributed by atoms with Gasteiger partial charge in [-0.1, -0.05) is 18.2 Å². The third-order valence-electron chi connectivity index (χ3n) is 8.33. The van der Waals surface area contributed by atoms with Crippen molar-refractivity contribution in [3.05, 3.63) is 69.8 Å². The molecule has 0 amide bonds. The van der Waals surface area contributed by atoms with Crippen LogP contribution in [0.15, 0.2) is 48.5 Å². The molecule has 1 atom stereocenters. The maximum absolute atomic E-state index is 12.9. The Morgan fingerprint density at radius 3 is 2.42 bits per heavy atom. The highest BCUT2D eigenvalue weighted by molar-refractivity contribution is 5.72. The highest BCUT2D eigenvalue weighted by Gasteiger charge is 2.60. The molecule has 40 heavy (non-hydrogen) atoms. The number of esters is 1. The fourth-order valence-electron chi connectivity index (χ4n) is 6.41. The summed E-state index contributed by atoms with van der Waals surface area (Å²) >= 11 is 0. The number of para-hydroxylation sites is 1. The van der Waals surface area contributed by atoms with Crippen molar-refractivity contribution >= 4 is 23.4 Å². The molecule has 3 aliphatic heterocycles. The Balaban J connectivity index is 1.34. The molecule has 5 rings (SSSR count). The van der Waals surface area contributed by atoms with Gasteiger partial charge in [0.2, 0.25) is 5.72 Å². The van der Waals surface area contributed by atoms with Gasteiger partial charge in [0.1, 0.15) is 11.9 Å². The number of piperidine rings is 1. The molecule has 2 aromatic carbocycles. The highest BCUT2D eigenvalue weighted by atomic mass is 16.7. The van der Waals surface area contributed by atoms with Crippen LogP contribution in [0.4, 0.5) is 11.4 Å². The van der Waals surface area contributed by atoms with Crippen molar-refractivity contribution in [1.29, 1.82) is 0 Å². The molecule has 3 aliphatic rings. The van der Waals surface area contributed by atoms with E-state index in [1.165, 1.54) is 12.1 Å². The molecule has 3 heterocycles. The largest absolute Gasteiger partial charge is 0.462 e. The summed E-state index contributed by atoms with van der Waals surface area (Å²) in [5.74, 6) is 0.103. The first-order valence-corrected chi connectivity index (χ1v) is 13.5. The van der Waals surface area contributed by atoms with Crippen molar-refractivity contribution in [2.24, 2.45) is 0 Å². The van der Waals surface area contributed by atoms with Gasteiger partial charge in [0.15, 0.2) is 0 Å². The Morgan fingerprint density at radius 1 is 1.07 bits per heavy atom. The van der Waals surface area contributed by atoms with Crippen molar-refractivity contribution in [3.8, 4) is 5.75 Å². The molecule has 0 saturated carbocycles. The van der Waals surface area contributed by atoms with Gasteiger partial charge in [-0.25, -0.2) is 5.06 Å². The maximum Gasteiger partial charge on any atom is 0.308 e. The van der Waals surface area contributed by atoms with E-state index < -0.39 is 33.1 Å². The van der Waals surface area contributed by atoms with E-state index in [0.717, 1.165) is 16.3 Å². The molecule has 0 bridgehead atoms. The molecular weight excluding hydrogens is 514 g/mol. The van der Waals surface area contributed by atoms with E-state index in [9.17, 15) is 20.1 Å². The number of carbonyl (C=O) groups is 1. The molecule has 2 aromatic rings. The number of carbonyl (C=O) groups excluding carboxylic acids is 1. The molecule has 1 unspecified atom stereocenters. The van der Waals surface area contributed by atoms with Crippen LogP contribution in [0, 0.1) is 10.1 Å². The van der Waals surface area contributed by atoms with Crippen molar-refractivity contribution in [3.63, 3.8) is 0 Å². The zero-order valence-corrected chi connectivity index (χ0v) is 23.8. The molecular formula is C30H36N3O7. The van der Waals surface area contributed by atoms with E-state index in [4.69, 9.17) is 14.3 Å². The first-order valence-electron chi connectivity index (χ1n) is 13.5. The van der Waals surface area contributed by atoms with Crippen molar-refractivity contribution in [2.75, 3.05) is 11.7 Å². The molecule has 10 heteroatoms. The SMILES string of the molecule is CC1(C)CC(OC(=O)CCON2c3ccccc3C(C)(C)C23C=Cc2cc([N+](=O)[O-])ccc2O3)CC(C)(C)N1[O]. The third kappa shape index (κ3) is 4.53. The summed E-state index contributed by atoms with van der Waals surface area (Å²) in [5, 5.41) is 26.7. The molecule has 1 saturated heterocycles. The Kier molecular flexibility index (Phi) is 6.72. The lowest BCUT2D eigenvalue weighted by molar-refractivity contribution is -0.384. The lowest BCUT2D eigenvalue weighted by atomic mass is 9.76. The number of hydrogen-bond donors (Lipinski definition) is 0. The van der Waals surface area contributed by atoms with E-state index in [-0.39, 0.29) is 24.8 Å². The second kappa shape index (κ2) is 9.57. The van der Waals surface area contributed by atoms with Crippen molar-refractivity contribution < 1.29 is 29.2 Å². The summed E-state index contributed by atoms with van der Waals surface area (Å²) in [6, 6.07) is 12.3. The van der Waals surface area contributed by atoms with Gasteiger partial charge in [0.25, 0.3) is 5.69 Å². The fraction of sp³-hybridized carbons (Fsp3) is 0.500. The summed E-state index contributed by atoms with van der Waals surface area (Å²) in [7, 11) is 0. The van der Waals surface area contributed by atoms with Crippen molar-refractivity contribution in [1.82, 2.24) is 5.06 Å². The Hall–Kier alpha value is -3.47. The Labute approximate surface area is 234 Å². The number of nitro benzene ring substituents is 1. The quantitative estimate of drug-likeness (QED) is 0.255. The van der Waals surface area contributed by atoms with Crippen LogP contribution in [-0.2, 0) is 25.0 Å². The van der Waals surface area contributed by atoms with Crippen LogP contribution in [0.25, 0.3) is 6.08 Å². The predicted molar refractivity (Wildman–Crippen MR) is 148 cm³/mol. The number of benzene rings is 2. The van der Waals surface area contributed by atoms with E-state index in [2.05, 4.69) is 13.8 Å². The van der Waals surface area contributed by atoms with Gasteiger partial charge in [0, 0.05) is 41.6 Å². The number of nitrogens with zero attached hydrogens (tertiary/aromatic N) is 3. The van der Waals surface area contributed by atoms with Gasteiger partial charge in [-0.15, -0.1) is 10.3 Å². The lowest BCUT2D eigenvalue weighted by Crippen LogP contribution is -2.60. The number of hydrogen-bond acceptors (Lipinski definition) is 8. The molecule has 0 aromatic heterocycles. The second-order valence-electron chi connectivity index (χ2n) is 12.6. The highest BCUT2D eigenvalue weighted by Crippen LogP contribution is 2.55. The molecule has 10 nitrogen and oxygen atoms in total. The van der Waals surface area contributed by atoms with Crippen LogP contribution < -0.4 is 9.80 Å². The molecule has 1 radical (unpaired) electrons. The number of fused-ring (bicyclic) bond motifs is 2. The van der Waals surface area contributed by atoms with Gasteiger partial charge >= 0.3 is 5.97 Å². The minimum atomic E-state index is -1.10. The van der Waals surface area contributed by atoms with Gasteiger partial charge in [-0.05, 0) is 71.4 Å². The Morgan fingerprint density at radius 2 is 1.75 bits per heavy atom. The summed E-state index contributed by atoms with van der Waals surface area (Å²) in [6.45, 7) is 11.6. The van der Waals surface area contributed by atoms with Crippen LogP contribution in [0.3, 0.4) is 0 Å². The van der Waals surface area contributed by atoms with E-state index >= 15 is 0 Å². The topological polar surface area (TPSA) is 114 Å². The summed E-state index contributed by atoms with van der Waals surface area (Å²) in [6.07, 6.45) is 4.25. The smallest absolute Gasteiger partial charge is 0.308 e. The average Bonchev–Trinajstić information content (AvgIpc) is 3.05. The number of anilines is 1. The molecule has 0 N–H and O–H groups in total. The molecule has 213 valence electrons. The number of ether oxygens (including phenoxy) is 2. The fourth-order valence-corrected chi connectivity index (χ4v) is 6.41. The third-order valence-corrected chi connectivity index (χ3v) is 8.33. The van der Waals surface area contributed by atoms with E-state index in [0.29, 0.717) is 24.2 Å². The second-order valence-corrected chi connectivity index (χ2v) is 12.6. The van der Waals surface area contributed by atoms with E-state index in [1.54, 1.807) is 11.1 Å². The van der Waals surface area contributed by atoms with Gasteiger partial charge < -0.3 is 9.47 Å². The van der Waals surface area contributed by atoms with Crippen molar-refractivity contribution in [2.45, 2.75) is 89.1 Å². The first-order chi connectivity index (χ1) is 18.7. The summed E-state index contributed by atoms with van der Waals surface area (Å²) < 4.78 is 12.4. The van der Waals surface area contributed by atoms with Crippen LogP contribution in [0.1, 0.15) is 71.9 Å². The molecule has 1 fully saturated rings. The Bertz CT molecular complexity index is 1350.